The summed E-state index contributed by atoms with van der Waals surface area (Å²) in [6.45, 7) is 6.21. The van der Waals surface area contributed by atoms with Crippen LogP contribution >= 0.6 is 11.3 Å². The van der Waals surface area contributed by atoms with Crippen molar-refractivity contribution in [1.29, 1.82) is 0 Å². The van der Waals surface area contributed by atoms with Crippen molar-refractivity contribution in [3.05, 3.63) is 59.1 Å². The minimum absolute atomic E-state index is 0.154. The monoisotopic (exact) mass is 325 g/mol. The van der Waals surface area contributed by atoms with E-state index < -0.39 is 0 Å². The van der Waals surface area contributed by atoms with Crippen LogP contribution in [0.5, 0.6) is 0 Å². The van der Waals surface area contributed by atoms with E-state index in [-0.39, 0.29) is 11.9 Å². The second-order valence-electron chi connectivity index (χ2n) is 4.82. The lowest BCUT2D eigenvalue weighted by Gasteiger charge is -2.07. The second-order valence-corrected chi connectivity index (χ2v) is 5.86. The molecule has 0 radical (unpaired) electrons. The molecule has 0 atom stereocenters. The second kappa shape index (κ2) is 6.18. The summed E-state index contributed by atoms with van der Waals surface area (Å²) in [6, 6.07) is 11.4. The smallest absolute Gasteiger partial charge is 0.348 e. The van der Waals surface area contributed by atoms with E-state index in [9.17, 15) is 4.79 Å². The first kappa shape index (κ1) is 15.2. The van der Waals surface area contributed by atoms with E-state index in [4.69, 9.17) is 10.5 Å². The van der Waals surface area contributed by atoms with Gasteiger partial charge in [0.2, 0.25) is 5.95 Å². The van der Waals surface area contributed by atoms with E-state index in [1.165, 1.54) is 11.3 Å². The first-order valence-electron chi connectivity index (χ1n) is 7.09. The summed E-state index contributed by atoms with van der Waals surface area (Å²) in [5.41, 5.74) is 8.12. The Balaban J connectivity index is 2.13. The number of nitrogens with two attached hydrogens (primary N) is 1. The molecule has 116 valence electrons. The Morgan fingerprint density at radius 3 is 2.74 bits per heavy atom. The quantitative estimate of drug-likeness (QED) is 0.743. The molecule has 0 fully saturated rings. The van der Waals surface area contributed by atoms with Crippen LogP contribution in [-0.2, 0) is 4.74 Å². The van der Waals surface area contributed by atoms with Gasteiger partial charge in [-0.1, -0.05) is 36.9 Å². The molecule has 2 N–H and O–H groups in total. The number of esters is 1. The van der Waals surface area contributed by atoms with Crippen LogP contribution in [0.15, 0.2) is 43.0 Å². The van der Waals surface area contributed by atoms with Crippen LogP contribution in [0.1, 0.15) is 27.9 Å². The molecule has 0 aliphatic heterocycles. The Bertz CT molecular complexity index is 887. The fraction of sp³-hybridized carbons (Fsp3) is 0.118. The number of nitrogen functional groups attached to an aromatic ring is 1. The standard InChI is InChI=1S/C17H15N3O2S/c1-3-22-16(21)13-9-12-14(19-17(18)20-15(12)23-13)10(2)11-7-5-4-6-8-11/h4-9H,2-3H2,1H3,(H2,18,19,20). The molecule has 0 aliphatic rings. The van der Waals surface area contributed by atoms with Gasteiger partial charge in [0.1, 0.15) is 9.71 Å². The van der Waals surface area contributed by atoms with Gasteiger partial charge in [-0.15, -0.1) is 11.3 Å². The number of nitrogens with zero attached hydrogens (tertiary/aromatic N) is 2. The number of hydrogen-bond donors (Lipinski definition) is 1. The lowest BCUT2D eigenvalue weighted by Crippen LogP contribution is -2.01. The van der Waals surface area contributed by atoms with Gasteiger partial charge in [0.25, 0.3) is 0 Å². The Labute approximate surface area is 137 Å². The first-order chi connectivity index (χ1) is 11.1. The average Bonchev–Trinajstić information content (AvgIpc) is 2.98. The average molecular weight is 325 g/mol. The molecule has 2 aromatic heterocycles. The molecule has 0 spiro atoms. The van der Waals surface area contributed by atoms with Gasteiger partial charge in [-0.05, 0) is 18.6 Å². The number of carbonyl (C=O) groups is 1. The van der Waals surface area contributed by atoms with Crippen molar-refractivity contribution in [2.24, 2.45) is 0 Å². The molecule has 3 aromatic rings. The first-order valence-corrected chi connectivity index (χ1v) is 7.90. The Hall–Kier alpha value is -2.73. The number of aromatic nitrogens is 2. The van der Waals surface area contributed by atoms with E-state index in [1.54, 1.807) is 13.0 Å². The van der Waals surface area contributed by atoms with Gasteiger partial charge in [-0.3, -0.25) is 0 Å². The summed E-state index contributed by atoms with van der Waals surface area (Å²) in [6.07, 6.45) is 0. The van der Waals surface area contributed by atoms with E-state index >= 15 is 0 Å². The van der Waals surface area contributed by atoms with Crippen molar-refractivity contribution in [1.82, 2.24) is 9.97 Å². The number of ether oxygens (including phenoxy) is 1. The third-order valence-corrected chi connectivity index (χ3v) is 4.30. The number of carbonyl (C=O) groups excluding carboxylic acids is 1. The number of fused-ring (bicyclic) bond motifs is 1. The Kier molecular flexibility index (Phi) is 4.08. The molecular formula is C17H15N3O2S. The van der Waals surface area contributed by atoms with E-state index in [1.807, 2.05) is 30.3 Å². The molecule has 3 rings (SSSR count). The number of anilines is 1. The van der Waals surface area contributed by atoms with Crippen molar-refractivity contribution in [3.8, 4) is 0 Å². The van der Waals surface area contributed by atoms with Crippen LogP contribution < -0.4 is 5.73 Å². The molecule has 2 heterocycles. The lowest BCUT2D eigenvalue weighted by atomic mass is 10.0. The van der Waals surface area contributed by atoms with Crippen LogP contribution in [0.25, 0.3) is 15.8 Å². The van der Waals surface area contributed by atoms with Gasteiger partial charge in [0.05, 0.1) is 12.3 Å². The number of thiophene rings is 1. The zero-order valence-corrected chi connectivity index (χ0v) is 13.4. The summed E-state index contributed by atoms with van der Waals surface area (Å²) in [5.74, 6) is -0.216. The SMILES string of the molecule is C=C(c1ccccc1)c1nc(N)nc2sc(C(=O)OCC)cc12. The molecule has 6 heteroatoms. The van der Waals surface area contributed by atoms with E-state index in [0.717, 1.165) is 16.5 Å². The van der Waals surface area contributed by atoms with Crippen LogP contribution in [0.4, 0.5) is 5.95 Å². The van der Waals surface area contributed by atoms with Gasteiger partial charge in [0, 0.05) is 11.0 Å². The highest BCUT2D eigenvalue weighted by Gasteiger charge is 2.17. The van der Waals surface area contributed by atoms with Gasteiger partial charge in [0.15, 0.2) is 0 Å². The maximum Gasteiger partial charge on any atom is 0.348 e. The molecule has 0 saturated carbocycles. The van der Waals surface area contributed by atoms with Gasteiger partial charge in [-0.25, -0.2) is 14.8 Å². The van der Waals surface area contributed by atoms with Crippen LogP contribution in [-0.4, -0.2) is 22.5 Å². The minimum Gasteiger partial charge on any atom is -0.462 e. The van der Waals surface area contributed by atoms with Crippen molar-refractivity contribution in [3.63, 3.8) is 0 Å². The zero-order chi connectivity index (χ0) is 16.4. The summed E-state index contributed by atoms with van der Waals surface area (Å²) in [7, 11) is 0. The highest BCUT2D eigenvalue weighted by Crippen LogP contribution is 2.32. The van der Waals surface area contributed by atoms with Crippen molar-refractivity contribution < 1.29 is 9.53 Å². The Morgan fingerprint density at radius 2 is 2.04 bits per heavy atom. The third kappa shape index (κ3) is 2.93. The van der Waals surface area contributed by atoms with Gasteiger partial charge < -0.3 is 10.5 Å². The number of hydrogen-bond acceptors (Lipinski definition) is 6. The number of rotatable bonds is 4. The summed E-state index contributed by atoms with van der Waals surface area (Å²) < 4.78 is 5.04. The highest BCUT2D eigenvalue weighted by molar-refractivity contribution is 7.20. The summed E-state index contributed by atoms with van der Waals surface area (Å²) in [4.78, 5) is 21.6. The predicted molar refractivity (Wildman–Crippen MR) is 92.4 cm³/mol. The van der Waals surface area contributed by atoms with E-state index in [2.05, 4.69) is 16.5 Å². The Morgan fingerprint density at radius 1 is 1.30 bits per heavy atom. The van der Waals surface area contributed by atoms with Crippen LogP contribution in [0.2, 0.25) is 0 Å². The fourth-order valence-corrected chi connectivity index (χ4v) is 3.18. The maximum absolute atomic E-state index is 11.9. The van der Waals surface area contributed by atoms with Crippen molar-refractivity contribution >= 4 is 39.0 Å². The topological polar surface area (TPSA) is 78.1 Å². The molecular weight excluding hydrogens is 310 g/mol. The summed E-state index contributed by atoms with van der Waals surface area (Å²) >= 11 is 1.24. The van der Waals surface area contributed by atoms with E-state index in [0.29, 0.717) is 22.0 Å². The third-order valence-electron chi connectivity index (χ3n) is 3.29. The molecule has 0 bridgehead atoms. The maximum atomic E-state index is 11.9. The van der Waals surface area contributed by atoms with Crippen molar-refractivity contribution in [2.75, 3.05) is 12.3 Å². The molecule has 1 aromatic carbocycles. The molecule has 0 saturated heterocycles. The summed E-state index contributed by atoms with van der Waals surface area (Å²) in [5, 5.41) is 0.751. The minimum atomic E-state index is -0.370. The molecule has 0 amide bonds. The fourth-order valence-electron chi connectivity index (χ4n) is 2.25. The normalized spacial score (nSPS) is 10.7. The largest absolute Gasteiger partial charge is 0.462 e. The van der Waals surface area contributed by atoms with Crippen LogP contribution in [0.3, 0.4) is 0 Å². The lowest BCUT2D eigenvalue weighted by molar-refractivity contribution is 0.0532. The highest BCUT2D eigenvalue weighted by atomic mass is 32.1. The van der Waals surface area contributed by atoms with Gasteiger partial charge in [-0.2, -0.15) is 0 Å². The van der Waals surface area contributed by atoms with Crippen molar-refractivity contribution in [2.45, 2.75) is 6.92 Å². The zero-order valence-electron chi connectivity index (χ0n) is 12.6. The number of benzene rings is 1. The molecule has 0 aliphatic carbocycles. The predicted octanol–water partition coefficient (Wildman–Crippen LogP) is 3.51. The molecule has 5 nitrogen and oxygen atoms in total. The molecule has 23 heavy (non-hydrogen) atoms. The van der Waals surface area contributed by atoms with Gasteiger partial charge >= 0.3 is 5.97 Å². The molecule has 0 unspecified atom stereocenters. The van der Waals surface area contributed by atoms with Crippen LogP contribution in [0, 0.1) is 0 Å².